The van der Waals surface area contributed by atoms with E-state index in [-0.39, 0.29) is 11.5 Å². The van der Waals surface area contributed by atoms with Gasteiger partial charge in [-0.1, -0.05) is 25.0 Å². The molecule has 0 aromatic heterocycles. The summed E-state index contributed by atoms with van der Waals surface area (Å²) < 4.78 is 6.93. The Morgan fingerprint density at radius 2 is 2.00 bits per heavy atom. The molecular formula is C26H40N2O2. The molecule has 4 nitrogen and oxygen atoms in total. The molecule has 5 fully saturated rings. The Labute approximate surface area is 182 Å². The predicted molar refractivity (Wildman–Crippen MR) is 118 cm³/mol. The molecule has 4 heteroatoms. The maximum Gasteiger partial charge on any atom is 0.220 e. The molecule has 6 aliphatic rings. The zero-order valence-electron chi connectivity index (χ0n) is 19.1. The van der Waals surface area contributed by atoms with Crippen LogP contribution in [0.3, 0.4) is 0 Å². The van der Waals surface area contributed by atoms with E-state index >= 15 is 0 Å². The van der Waals surface area contributed by atoms with Gasteiger partial charge in [-0.25, -0.2) is 0 Å². The Morgan fingerprint density at radius 3 is 2.83 bits per heavy atom. The lowest BCUT2D eigenvalue weighted by Gasteiger charge is -2.52. The van der Waals surface area contributed by atoms with Gasteiger partial charge in [-0.15, -0.1) is 0 Å². The van der Waals surface area contributed by atoms with E-state index in [0.29, 0.717) is 29.5 Å². The first-order valence-corrected chi connectivity index (χ1v) is 12.8. The van der Waals surface area contributed by atoms with Gasteiger partial charge in [0, 0.05) is 24.4 Å². The van der Waals surface area contributed by atoms with Crippen LogP contribution in [-0.4, -0.2) is 36.2 Å². The van der Waals surface area contributed by atoms with Crippen LogP contribution in [0, 0.1) is 29.1 Å². The molecule has 0 aromatic rings. The minimum absolute atomic E-state index is 0.0590. The van der Waals surface area contributed by atoms with Gasteiger partial charge < -0.3 is 15.4 Å². The SMILES string of the molecule is CC1=C2CC3[C@@H](CCC4NC(=O)CCC43C)C2CCC2(C1)OC1CCCNC1C2C. The second kappa shape index (κ2) is 6.81. The molecule has 166 valence electrons. The van der Waals surface area contributed by atoms with Gasteiger partial charge in [0.1, 0.15) is 0 Å². The van der Waals surface area contributed by atoms with Gasteiger partial charge in [0.25, 0.3) is 0 Å². The Hall–Kier alpha value is -0.870. The van der Waals surface area contributed by atoms with Crippen molar-refractivity contribution < 1.29 is 9.53 Å². The standard InChI is InChI=1S/C26H40N2O2/c1-15-14-26(16(2)24-21(30-26)5-4-12-27-24)11-8-17-18-6-7-22-25(3,10-9-23(29)28-22)20(18)13-19(15)17/h16-18,20-22,24,27H,4-14H2,1-3H3,(H,28,29)/t16?,17?,18-,20?,21?,22?,24?,25?,26?/m0/s1. The minimum Gasteiger partial charge on any atom is -0.369 e. The molecule has 3 saturated heterocycles. The fraction of sp³-hybridized carbons (Fsp3) is 0.885. The van der Waals surface area contributed by atoms with Crippen LogP contribution in [0.5, 0.6) is 0 Å². The van der Waals surface area contributed by atoms with E-state index < -0.39 is 0 Å². The van der Waals surface area contributed by atoms with E-state index in [2.05, 4.69) is 31.4 Å². The second-order valence-electron chi connectivity index (χ2n) is 11.9. The predicted octanol–water partition coefficient (Wildman–Crippen LogP) is 4.34. The lowest BCUT2D eigenvalue weighted by atomic mass is 9.57. The number of amides is 1. The average molecular weight is 413 g/mol. The smallest absolute Gasteiger partial charge is 0.220 e. The van der Waals surface area contributed by atoms with Crippen molar-refractivity contribution in [2.24, 2.45) is 29.1 Å². The van der Waals surface area contributed by atoms with Crippen molar-refractivity contribution in [3.63, 3.8) is 0 Å². The highest BCUT2D eigenvalue weighted by atomic mass is 16.5. The van der Waals surface area contributed by atoms with Gasteiger partial charge >= 0.3 is 0 Å². The normalized spacial score (nSPS) is 52.9. The van der Waals surface area contributed by atoms with Crippen molar-refractivity contribution in [3.05, 3.63) is 11.1 Å². The zero-order chi connectivity index (χ0) is 20.7. The molecule has 30 heavy (non-hydrogen) atoms. The van der Waals surface area contributed by atoms with E-state index in [4.69, 9.17) is 4.74 Å². The molecule has 2 N–H and O–H groups in total. The summed E-state index contributed by atoms with van der Waals surface area (Å²) in [6, 6.07) is 0.962. The molecule has 0 radical (unpaired) electrons. The van der Waals surface area contributed by atoms with Crippen LogP contribution in [0.25, 0.3) is 0 Å². The van der Waals surface area contributed by atoms with E-state index in [1.165, 1.54) is 44.9 Å². The number of hydrogen-bond donors (Lipinski definition) is 2. The summed E-state index contributed by atoms with van der Waals surface area (Å²) in [7, 11) is 0. The number of allylic oxidation sites excluding steroid dienone is 1. The van der Waals surface area contributed by atoms with Crippen LogP contribution in [-0.2, 0) is 9.53 Å². The van der Waals surface area contributed by atoms with Gasteiger partial charge in [0.15, 0.2) is 0 Å². The fourth-order valence-corrected chi connectivity index (χ4v) is 9.07. The maximum absolute atomic E-state index is 12.0. The lowest BCUT2D eigenvalue weighted by Crippen LogP contribution is -2.57. The second-order valence-corrected chi connectivity index (χ2v) is 11.9. The van der Waals surface area contributed by atoms with E-state index in [1.54, 1.807) is 11.1 Å². The minimum atomic E-state index is 0.0590. The quantitative estimate of drug-likeness (QED) is 0.582. The zero-order valence-corrected chi connectivity index (χ0v) is 19.1. The summed E-state index contributed by atoms with van der Waals surface area (Å²) in [5.74, 6) is 3.22. The van der Waals surface area contributed by atoms with Crippen LogP contribution >= 0.6 is 0 Å². The van der Waals surface area contributed by atoms with Gasteiger partial charge in [0.05, 0.1) is 11.7 Å². The highest BCUT2D eigenvalue weighted by Gasteiger charge is 2.59. The summed E-state index contributed by atoms with van der Waals surface area (Å²) in [5, 5.41) is 7.17. The molecule has 1 spiro atoms. The van der Waals surface area contributed by atoms with Gasteiger partial charge in [-0.05, 0) is 94.4 Å². The van der Waals surface area contributed by atoms with Gasteiger partial charge in [-0.2, -0.15) is 0 Å². The first-order chi connectivity index (χ1) is 14.4. The van der Waals surface area contributed by atoms with E-state index in [1.807, 2.05) is 0 Å². The number of hydrogen-bond acceptors (Lipinski definition) is 3. The van der Waals surface area contributed by atoms with Gasteiger partial charge in [-0.3, -0.25) is 4.79 Å². The molecule has 2 saturated carbocycles. The highest BCUT2D eigenvalue weighted by Crippen LogP contribution is 2.62. The molecule has 6 rings (SSSR count). The average Bonchev–Trinajstić information content (AvgIpc) is 3.19. The summed E-state index contributed by atoms with van der Waals surface area (Å²) in [5.41, 5.74) is 3.80. The van der Waals surface area contributed by atoms with Crippen molar-refractivity contribution >= 4 is 5.91 Å². The number of ether oxygens (including phenoxy) is 1. The highest BCUT2D eigenvalue weighted by molar-refractivity contribution is 5.77. The van der Waals surface area contributed by atoms with Crippen LogP contribution in [0.1, 0.15) is 85.0 Å². The molecule has 9 atom stereocenters. The Bertz CT molecular complexity index is 777. The number of fused-ring (bicyclic) bond motifs is 6. The van der Waals surface area contributed by atoms with Crippen LogP contribution in [0.4, 0.5) is 0 Å². The fourth-order valence-electron chi connectivity index (χ4n) is 9.07. The Morgan fingerprint density at radius 1 is 1.13 bits per heavy atom. The topological polar surface area (TPSA) is 50.4 Å². The summed E-state index contributed by atoms with van der Waals surface area (Å²) in [6.07, 6.45) is 12.2. The molecule has 8 unspecified atom stereocenters. The van der Waals surface area contributed by atoms with E-state index in [0.717, 1.165) is 43.6 Å². The Balaban J connectivity index is 1.29. The molecule has 0 aromatic carbocycles. The molecule has 3 aliphatic heterocycles. The van der Waals surface area contributed by atoms with Crippen molar-refractivity contribution in [2.45, 2.75) is 109 Å². The number of rotatable bonds is 0. The summed E-state index contributed by atoms with van der Waals surface area (Å²) >= 11 is 0. The molecular weight excluding hydrogens is 372 g/mol. The van der Waals surface area contributed by atoms with Crippen molar-refractivity contribution in [2.75, 3.05) is 6.54 Å². The first-order valence-electron chi connectivity index (χ1n) is 12.8. The van der Waals surface area contributed by atoms with E-state index in [9.17, 15) is 4.79 Å². The molecule has 1 amide bonds. The molecule has 3 heterocycles. The summed E-state index contributed by atoms with van der Waals surface area (Å²) in [6.45, 7) is 8.55. The molecule has 0 bridgehead atoms. The third-order valence-electron chi connectivity index (χ3n) is 10.8. The van der Waals surface area contributed by atoms with Crippen LogP contribution < -0.4 is 10.6 Å². The lowest BCUT2D eigenvalue weighted by molar-refractivity contribution is -0.130. The Kier molecular flexibility index (Phi) is 4.49. The number of nitrogens with one attached hydrogen (secondary N) is 2. The number of carbonyl (C=O) groups is 1. The first kappa shape index (κ1) is 19.8. The third kappa shape index (κ3) is 2.68. The summed E-state index contributed by atoms with van der Waals surface area (Å²) in [4.78, 5) is 12.0. The number of piperidine rings is 2. The van der Waals surface area contributed by atoms with Gasteiger partial charge in [0.2, 0.25) is 5.91 Å². The van der Waals surface area contributed by atoms with Crippen molar-refractivity contribution in [1.29, 1.82) is 0 Å². The number of carbonyl (C=O) groups excluding carboxylic acids is 1. The van der Waals surface area contributed by atoms with Crippen molar-refractivity contribution in [3.8, 4) is 0 Å². The maximum atomic E-state index is 12.0. The van der Waals surface area contributed by atoms with Crippen molar-refractivity contribution in [1.82, 2.24) is 10.6 Å². The molecule has 3 aliphatic carbocycles. The monoisotopic (exact) mass is 412 g/mol. The largest absolute Gasteiger partial charge is 0.369 e. The third-order valence-corrected chi connectivity index (χ3v) is 10.8. The van der Waals surface area contributed by atoms with Crippen LogP contribution in [0.2, 0.25) is 0 Å². The van der Waals surface area contributed by atoms with Crippen LogP contribution in [0.15, 0.2) is 11.1 Å².